The number of carbonyl (C=O) groups excluding carboxylic acids is 5. The maximum Gasteiger partial charge on any atom is 0.329 e. The van der Waals surface area contributed by atoms with E-state index in [4.69, 9.17) is 27.9 Å². The van der Waals surface area contributed by atoms with E-state index in [9.17, 15) is 28.8 Å². The maximum absolute atomic E-state index is 16.4. The Hall–Kier alpha value is -5.09. The number of carbonyl (C=O) groups is 5. The molecule has 0 bridgehead atoms. The van der Waals surface area contributed by atoms with Gasteiger partial charge in [-0.3, -0.25) is 43.7 Å². The second kappa shape index (κ2) is 17.9. The third kappa shape index (κ3) is 8.02. The molecular formula is C49H56Cl2FN7O7. The molecule has 4 aromatic rings. The quantitative estimate of drug-likeness (QED) is 0.0866. The van der Waals surface area contributed by atoms with Gasteiger partial charge < -0.3 is 20.7 Å². The number of aromatic nitrogens is 2. The highest BCUT2D eigenvalue weighted by molar-refractivity contribution is 6.31. The Labute approximate surface area is 392 Å². The number of ether oxygens (including phenoxy) is 1. The number of piperidine rings is 1. The van der Waals surface area contributed by atoms with Crippen LogP contribution in [0.15, 0.2) is 59.4 Å². The third-order valence-electron chi connectivity index (χ3n) is 15.1. The van der Waals surface area contributed by atoms with Crippen molar-refractivity contribution >= 4 is 69.5 Å². The number of hydrogen-bond acceptors (Lipinski definition) is 8. The molecule has 1 saturated carbocycles. The summed E-state index contributed by atoms with van der Waals surface area (Å²) in [4.78, 5) is 80.0. The number of unbranched alkanes of at least 4 members (excludes halogenated alkanes) is 2. The summed E-state index contributed by atoms with van der Waals surface area (Å²) < 4.78 is 25.4. The topological polar surface area (TPSA) is 182 Å². The van der Waals surface area contributed by atoms with Crippen molar-refractivity contribution in [1.29, 1.82) is 0 Å². The van der Waals surface area contributed by atoms with Crippen molar-refractivity contribution in [2.45, 2.75) is 132 Å². The largest absolute Gasteiger partial charge is 0.366 e. The first-order chi connectivity index (χ1) is 31.5. The summed E-state index contributed by atoms with van der Waals surface area (Å²) in [6, 6.07) is 13.6. The van der Waals surface area contributed by atoms with Crippen LogP contribution in [0.3, 0.4) is 0 Å². The number of nitrogens with one attached hydrogen (secondary N) is 5. The number of benzene rings is 3. The molecule has 66 heavy (non-hydrogen) atoms. The average molecular weight is 945 g/mol. The van der Waals surface area contributed by atoms with Crippen molar-refractivity contribution in [1.82, 2.24) is 30.4 Å². The van der Waals surface area contributed by atoms with Crippen LogP contribution < -0.4 is 32.3 Å². The van der Waals surface area contributed by atoms with Gasteiger partial charge in [-0.15, -0.1) is 0 Å². The normalized spacial score (nSPS) is 26.6. The fourth-order valence-corrected chi connectivity index (χ4v) is 11.9. The van der Waals surface area contributed by atoms with Gasteiger partial charge in [0.1, 0.15) is 23.4 Å². The van der Waals surface area contributed by atoms with E-state index in [0.29, 0.717) is 54.0 Å². The van der Waals surface area contributed by atoms with Crippen LogP contribution in [0, 0.1) is 11.2 Å². The molecule has 4 aliphatic heterocycles. The number of nitrogens with zero attached hydrogens (tertiary/aromatic N) is 2. The number of imide groups is 1. The molecule has 350 valence electrons. The summed E-state index contributed by atoms with van der Waals surface area (Å²) in [6.07, 6.45) is 6.59. The van der Waals surface area contributed by atoms with Gasteiger partial charge in [0.25, 0.3) is 0 Å². The Kier molecular flexibility index (Phi) is 12.5. The van der Waals surface area contributed by atoms with E-state index in [1.165, 1.54) is 15.2 Å². The maximum atomic E-state index is 16.4. The zero-order valence-corrected chi connectivity index (χ0v) is 38.9. The lowest BCUT2D eigenvalue weighted by Gasteiger charge is -2.50. The lowest BCUT2D eigenvalue weighted by molar-refractivity contribution is -0.138. The summed E-state index contributed by atoms with van der Waals surface area (Å²) >= 11 is 12.9. The molecule has 9 rings (SSSR count). The monoisotopic (exact) mass is 943 g/mol. The third-order valence-corrected chi connectivity index (χ3v) is 15.6. The van der Waals surface area contributed by atoms with Gasteiger partial charge in [-0.2, -0.15) is 0 Å². The molecule has 6 atom stereocenters. The standard InChI is InChI=1S/C49H56Cl2FN7O7/c1-47(2)19-21-48(22-20-47)49(31-14-12-28(50)25-33(31)55-45(49)64)39(30-9-7-10-32(51)40(30)52)41(57-48)44(63)54-29-13-17-37(66-26-29)43(62)53-23-6-4-5-8-27-11-15-34-36(24-27)58(3)46(65)59(34)35-16-18-38(60)56-42(35)61/h7,9-12,14-15,24-25,29,35,37,39,41,57H,4-6,8,13,16-23,26H2,1-3H3,(H,53,62)(H,54,63)(H,55,64)(H,56,60,61)/t29-,35?,37+,39+,41-,49-/m1/s1. The minimum atomic E-state index is -1.37. The van der Waals surface area contributed by atoms with E-state index in [1.54, 1.807) is 31.3 Å². The van der Waals surface area contributed by atoms with Crippen LogP contribution in [-0.4, -0.2) is 75.5 Å². The van der Waals surface area contributed by atoms with Crippen LogP contribution in [0.1, 0.15) is 113 Å². The van der Waals surface area contributed by atoms with Gasteiger partial charge in [0.2, 0.25) is 29.5 Å². The Morgan fingerprint density at radius 2 is 1.68 bits per heavy atom. The SMILES string of the molecule is Cn1c(=O)n(C2CCC(=O)NC2=O)c2ccc(CCCCCNC(=O)[C@@H]3CC[C@@H](NC(=O)[C@@H]4NC5(CCC(C)(C)CC5)[C@@]5(C(=O)Nc6cc(Cl)ccc65)[C@H]4c4cccc(Cl)c4F)CO3)cc21. The van der Waals surface area contributed by atoms with E-state index in [-0.39, 0.29) is 64.8 Å². The predicted octanol–water partition coefficient (Wildman–Crippen LogP) is 6.24. The molecule has 4 fully saturated rings. The van der Waals surface area contributed by atoms with E-state index in [1.807, 2.05) is 24.3 Å². The molecule has 17 heteroatoms. The first-order valence-electron chi connectivity index (χ1n) is 23.1. The number of imidazole rings is 1. The number of hydrogen-bond donors (Lipinski definition) is 5. The predicted molar refractivity (Wildman–Crippen MR) is 248 cm³/mol. The number of aryl methyl sites for hydroxylation is 2. The average Bonchev–Trinajstić information content (AvgIpc) is 3.84. The minimum Gasteiger partial charge on any atom is -0.366 e. The van der Waals surface area contributed by atoms with Crippen molar-refractivity contribution < 1.29 is 33.1 Å². The van der Waals surface area contributed by atoms with Crippen LogP contribution in [0.25, 0.3) is 11.0 Å². The molecule has 3 saturated heterocycles. The van der Waals surface area contributed by atoms with Crippen molar-refractivity contribution in [2.24, 2.45) is 12.5 Å². The van der Waals surface area contributed by atoms with Gasteiger partial charge in [0, 0.05) is 42.2 Å². The summed E-state index contributed by atoms with van der Waals surface area (Å²) in [7, 11) is 1.68. The van der Waals surface area contributed by atoms with Gasteiger partial charge in [-0.1, -0.05) is 67.7 Å². The highest BCUT2D eigenvalue weighted by Crippen LogP contribution is 2.64. The van der Waals surface area contributed by atoms with Gasteiger partial charge in [0.15, 0.2) is 0 Å². The molecule has 3 aromatic carbocycles. The molecule has 2 spiro atoms. The molecule has 0 radical (unpaired) electrons. The summed E-state index contributed by atoms with van der Waals surface area (Å²) in [5.41, 5.74) is 1.24. The summed E-state index contributed by atoms with van der Waals surface area (Å²) in [6.45, 7) is 4.97. The zero-order chi connectivity index (χ0) is 46.7. The smallest absolute Gasteiger partial charge is 0.329 e. The Morgan fingerprint density at radius 1 is 0.894 bits per heavy atom. The Bertz CT molecular complexity index is 2680. The molecule has 5 N–H and O–H groups in total. The lowest BCUT2D eigenvalue weighted by Crippen LogP contribution is -2.61. The summed E-state index contributed by atoms with van der Waals surface area (Å²) in [5, 5.41) is 15.6. The Balaban J connectivity index is 0.809. The fourth-order valence-electron chi connectivity index (χ4n) is 11.5. The number of anilines is 1. The van der Waals surface area contributed by atoms with Crippen molar-refractivity contribution in [2.75, 3.05) is 18.5 Å². The van der Waals surface area contributed by atoms with Crippen LogP contribution in [0.2, 0.25) is 10.0 Å². The van der Waals surface area contributed by atoms with Crippen LogP contribution in [-0.2, 0) is 47.6 Å². The molecular weight excluding hydrogens is 888 g/mol. The van der Waals surface area contributed by atoms with Gasteiger partial charge in [-0.05, 0) is 117 Å². The first kappa shape index (κ1) is 46.0. The molecule has 1 unspecified atom stereocenters. The molecule has 1 aromatic heterocycles. The fraction of sp³-hybridized carbons (Fsp3) is 0.510. The van der Waals surface area contributed by atoms with Crippen molar-refractivity contribution in [3.8, 4) is 0 Å². The van der Waals surface area contributed by atoms with Gasteiger partial charge >= 0.3 is 5.69 Å². The minimum absolute atomic E-state index is 0.00446. The molecule has 1 aliphatic carbocycles. The van der Waals surface area contributed by atoms with Crippen LogP contribution in [0.4, 0.5) is 10.1 Å². The van der Waals surface area contributed by atoms with Gasteiger partial charge in [0.05, 0.1) is 34.7 Å². The van der Waals surface area contributed by atoms with Crippen LogP contribution >= 0.6 is 23.2 Å². The van der Waals surface area contributed by atoms with Crippen LogP contribution in [0.5, 0.6) is 0 Å². The first-order valence-corrected chi connectivity index (χ1v) is 23.9. The summed E-state index contributed by atoms with van der Waals surface area (Å²) in [5.74, 6) is -3.35. The van der Waals surface area contributed by atoms with E-state index in [2.05, 4.69) is 40.4 Å². The zero-order valence-electron chi connectivity index (χ0n) is 37.4. The van der Waals surface area contributed by atoms with Crippen molar-refractivity contribution in [3.05, 3.63) is 97.6 Å². The highest BCUT2D eigenvalue weighted by atomic mass is 35.5. The second-order valence-electron chi connectivity index (χ2n) is 19.6. The molecule has 14 nitrogen and oxygen atoms in total. The number of rotatable bonds is 11. The number of halogens is 3. The molecule has 5 amide bonds. The number of fused-ring (bicyclic) bond motifs is 4. The van der Waals surface area contributed by atoms with E-state index >= 15 is 4.39 Å². The molecule has 5 aliphatic rings. The lowest BCUT2D eigenvalue weighted by atomic mass is 9.53. The number of amides is 5. The highest BCUT2D eigenvalue weighted by Gasteiger charge is 2.73. The van der Waals surface area contributed by atoms with E-state index in [0.717, 1.165) is 49.6 Å². The second-order valence-corrected chi connectivity index (χ2v) is 20.5. The van der Waals surface area contributed by atoms with Crippen molar-refractivity contribution in [3.63, 3.8) is 0 Å². The van der Waals surface area contributed by atoms with E-state index < -0.39 is 52.8 Å². The molecule has 5 heterocycles. The Morgan fingerprint density at radius 3 is 2.42 bits per heavy atom. The van der Waals surface area contributed by atoms with Gasteiger partial charge in [-0.25, -0.2) is 9.18 Å².